The summed E-state index contributed by atoms with van der Waals surface area (Å²) in [5.41, 5.74) is 7.17. The molecule has 5 heteroatoms. The van der Waals surface area contributed by atoms with Gasteiger partial charge in [-0.15, -0.1) is 0 Å². The minimum absolute atomic E-state index is 0.0825. The number of hydrogen-bond donors (Lipinski definition) is 2. The molecule has 0 heterocycles. The molecule has 0 bridgehead atoms. The van der Waals surface area contributed by atoms with Gasteiger partial charge in [-0.05, 0) is 31.0 Å². The van der Waals surface area contributed by atoms with Gasteiger partial charge < -0.3 is 11.1 Å². The van der Waals surface area contributed by atoms with E-state index in [1.54, 1.807) is 12.3 Å². The fourth-order valence-corrected chi connectivity index (χ4v) is 2.24. The quantitative estimate of drug-likeness (QED) is 0.715. The SMILES string of the molecule is CS(=O)CCCNC(=O)c1ccccc1CCN. The van der Waals surface area contributed by atoms with Gasteiger partial charge in [-0.1, -0.05) is 18.2 Å². The van der Waals surface area contributed by atoms with Crippen molar-refractivity contribution in [3.05, 3.63) is 35.4 Å². The maximum atomic E-state index is 12.0. The maximum Gasteiger partial charge on any atom is 0.251 e. The van der Waals surface area contributed by atoms with E-state index in [2.05, 4.69) is 5.32 Å². The number of amides is 1. The van der Waals surface area contributed by atoms with Crippen LogP contribution >= 0.6 is 0 Å². The van der Waals surface area contributed by atoms with Crippen molar-refractivity contribution in [2.45, 2.75) is 12.8 Å². The highest BCUT2D eigenvalue weighted by Gasteiger charge is 2.09. The van der Waals surface area contributed by atoms with E-state index in [4.69, 9.17) is 5.73 Å². The van der Waals surface area contributed by atoms with E-state index in [1.807, 2.05) is 18.2 Å². The standard InChI is InChI=1S/C13H20N2O2S/c1-18(17)10-4-9-15-13(16)12-6-3-2-5-11(12)7-8-14/h2-3,5-6H,4,7-10,14H2,1H3,(H,15,16). The topological polar surface area (TPSA) is 72.2 Å². The second-order valence-electron chi connectivity index (χ2n) is 4.08. The van der Waals surface area contributed by atoms with Gasteiger partial charge in [-0.2, -0.15) is 0 Å². The monoisotopic (exact) mass is 268 g/mol. The molecule has 1 aromatic rings. The summed E-state index contributed by atoms with van der Waals surface area (Å²) < 4.78 is 10.9. The normalized spacial score (nSPS) is 12.1. The Balaban J connectivity index is 2.53. The van der Waals surface area contributed by atoms with Crippen molar-refractivity contribution in [1.82, 2.24) is 5.32 Å². The highest BCUT2D eigenvalue weighted by Crippen LogP contribution is 2.08. The van der Waals surface area contributed by atoms with Crippen LogP contribution in [0.3, 0.4) is 0 Å². The second-order valence-corrected chi connectivity index (χ2v) is 5.64. The summed E-state index contributed by atoms with van der Waals surface area (Å²) in [6.45, 7) is 1.08. The predicted molar refractivity (Wildman–Crippen MR) is 75.1 cm³/mol. The third-order valence-electron chi connectivity index (χ3n) is 2.57. The first-order chi connectivity index (χ1) is 8.65. The van der Waals surface area contributed by atoms with E-state index in [1.165, 1.54) is 0 Å². The predicted octanol–water partition coefficient (Wildman–Crippen LogP) is 0.686. The first-order valence-corrected chi connectivity index (χ1v) is 7.74. The second kappa shape index (κ2) is 8.00. The van der Waals surface area contributed by atoms with Crippen molar-refractivity contribution < 1.29 is 9.00 Å². The third kappa shape index (κ3) is 4.98. The van der Waals surface area contributed by atoms with E-state index in [0.717, 1.165) is 12.0 Å². The zero-order valence-electron chi connectivity index (χ0n) is 10.6. The molecular weight excluding hydrogens is 248 g/mol. The molecule has 1 rings (SSSR count). The molecule has 0 saturated heterocycles. The van der Waals surface area contributed by atoms with Gasteiger partial charge in [0.15, 0.2) is 0 Å². The number of nitrogens with one attached hydrogen (secondary N) is 1. The third-order valence-corrected chi connectivity index (χ3v) is 3.43. The van der Waals surface area contributed by atoms with Gasteiger partial charge in [0.25, 0.3) is 5.91 Å². The van der Waals surface area contributed by atoms with Crippen LogP contribution in [-0.4, -0.2) is 35.2 Å². The smallest absolute Gasteiger partial charge is 0.251 e. The summed E-state index contributed by atoms with van der Waals surface area (Å²) in [5.74, 6) is 0.533. The van der Waals surface area contributed by atoms with Crippen molar-refractivity contribution in [3.8, 4) is 0 Å². The Morgan fingerprint density at radius 3 is 2.78 bits per heavy atom. The van der Waals surface area contributed by atoms with Crippen LogP contribution in [0.1, 0.15) is 22.3 Å². The molecule has 0 aliphatic rings. The molecule has 0 fully saturated rings. The zero-order valence-corrected chi connectivity index (χ0v) is 11.5. The molecule has 0 aromatic heterocycles. The van der Waals surface area contributed by atoms with Crippen molar-refractivity contribution in [1.29, 1.82) is 0 Å². The number of rotatable bonds is 7. The summed E-state index contributed by atoms with van der Waals surface area (Å²) in [5, 5.41) is 2.84. The molecule has 1 amide bonds. The number of carbonyl (C=O) groups is 1. The molecule has 1 unspecified atom stereocenters. The van der Waals surface area contributed by atoms with Crippen LogP contribution in [0.4, 0.5) is 0 Å². The van der Waals surface area contributed by atoms with Crippen LogP contribution in [0.2, 0.25) is 0 Å². The lowest BCUT2D eigenvalue weighted by Crippen LogP contribution is -2.26. The van der Waals surface area contributed by atoms with Gasteiger partial charge in [-0.3, -0.25) is 9.00 Å². The molecule has 0 aliphatic carbocycles. The average molecular weight is 268 g/mol. The fourth-order valence-electron chi connectivity index (χ4n) is 1.69. The minimum Gasteiger partial charge on any atom is -0.352 e. The number of hydrogen-bond acceptors (Lipinski definition) is 3. The van der Waals surface area contributed by atoms with Crippen LogP contribution in [0.25, 0.3) is 0 Å². The molecule has 4 nitrogen and oxygen atoms in total. The number of nitrogens with two attached hydrogens (primary N) is 1. The lowest BCUT2D eigenvalue weighted by molar-refractivity contribution is 0.0953. The Morgan fingerprint density at radius 2 is 2.11 bits per heavy atom. The zero-order chi connectivity index (χ0) is 13.4. The lowest BCUT2D eigenvalue weighted by Gasteiger charge is -2.09. The summed E-state index contributed by atoms with van der Waals surface area (Å²) >= 11 is 0. The van der Waals surface area contributed by atoms with Crippen molar-refractivity contribution in [2.75, 3.05) is 25.1 Å². The number of benzene rings is 1. The van der Waals surface area contributed by atoms with Crippen LogP contribution in [0.5, 0.6) is 0 Å². The summed E-state index contributed by atoms with van der Waals surface area (Å²) in [6.07, 6.45) is 3.09. The van der Waals surface area contributed by atoms with Crippen molar-refractivity contribution >= 4 is 16.7 Å². The fraction of sp³-hybridized carbons (Fsp3) is 0.462. The van der Waals surface area contributed by atoms with Crippen molar-refractivity contribution in [2.24, 2.45) is 5.73 Å². The first-order valence-electron chi connectivity index (χ1n) is 6.01. The van der Waals surface area contributed by atoms with Gasteiger partial charge in [0.2, 0.25) is 0 Å². The molecule has 18 heavy (non-hydrogen) atoms. The Labute approximate surface area is 110 Å². The van der Waals surface area contributed by atoms with E-state index in [-0.39, 0.29) is 5.91 Å². The summed E-state index contributed by atoms with van der Waals surface area (Å²) in [4.78, 5) is 12.0. The van der Waals surface area contributed by atoms with Gasteiger partial charge >= 0.3 is 0 Å². The molecular formula is C13H20N2O2S. The van der Waals surface area contributed by atoms with Gasteiger partial charge in [0, 0.05) is 34.9 Å². The van der Waals surface area contributed by atoms with Crippen LogP contribution in [-0.2, 0) is 17.2 Å². The van der Waals surface area contributed by atoms with E-state index in [0.29, 0.717) is 30.8 Å². The van der Waals surface area contributed by atoms with Crippen LogP contribution in [0.15, 0.2) is 24.3 Å². The van der Waals surface area contributed by atoms with E-state index in [9.17, 15) is 9.00 Å². The number of carbonyl (C=O) groups excluding carboxylic acids is 1. The first kappa shape index (κ1) is 14.9. The largest absolute Gasteiger partial charge is 0.352 e. The van der Waals surface area contributed by atoms with Gasteiger partial charge in [0.05, 0.1) is 0 Å². The maximum absolute atomic E-state index is 12.0. The van der Waals surface area contributed by atoms with Crippen LogP contribution in [0, 0.1) is 0 Å². The molecule has 0 spiro atoms. The molecule has 0 aliphatic heterocycles. The van der Waals surface area contributed by atoms with Gasteiger partial charge in [-0.25, -0.2) is 0 Å². The molecule has 1 aromatic carbocycles. The summed E-state index contributed by atoms with van der Waals surface area (Å²) in [6, 6.07) is 7.47. The Bertz CT molecular complexity index is 421. The Morgan fingerprint density at radius 1 is 1.39 bits per heavy atom. The molecule has 0 radical (unpaired) electrons. The minimum atomic E-state index is -0.800. The highest BCUT2D eigenvalue weighted by atomic mass is 32.2. The molecule has 3 N–H and O–H groups in total. The molecule has 0 saturated carbocycles. The van der Waals surface area contributed by atoms with Gasteiger partial charge in [0.1, 0.15) is 0 Å². The molecule has 100 valence electrons. The summed E-state index contributed by atoms with van der Waals surface area (Å²) in [7, 11) is -0.800. The average Bonchev–Trinajstić information content (AvgIpc) is 2.35. The van der Waals surface area contributed by atoms with E-state index < -0.39 is 10.8 Å². The van der Waals surface area contributed by atoms with Crippen molar-refractivity contribution in [3.63, 3.8) is 0 Å². The highest BCUT2D eigenvalue weighted by molar-refractivity contribution is 7.84. The molecule has 1 atom stereocenters. The lowest BCUT2D eigenvalue weighted by atomic mass is 10.0. The van der Waals surface area contributed by atoms with Crippen LogP contribution < -0.4 is 11.1 Å². The Kier molecular flexibility index (Phi) is 6.60. The Hall–Kier alpha value is -1.20. The van der Waals surface area contributed by atoms with E-state index >= 15 is 0 Å².